The summed E-state index contributed by atoms with van der Waals surface area (Å²) in [6.07, 6.45) is 5.58. The summed E-state index contributed by atoms with van der Waals surface area (Å²) in [5.74, 6) is 2.05. The van der Waals surface area contributed by atoms with E-state index in [1.807, 2.05) is 0 Å². The quantitative estimate of drug-likeness (QED) is 0.859. The zero-order chi connectivity index (χ0) is 13.5. The predicted octanol–water partition coefficient (Wildman–Crippen LogP) is 2.52. The molecule has 0 bridgehead atoms. The maximum atomic E-state index is 12.4. The molecule has 104 valence electrons. The second kappa shape index (κ2) is 4.47. The lowest BCUT2D eigenvalue weighted by molar-refractivity contribution is 0.0696. The van der Waals surface area contributed by atoms with Crippen LogP contribution in [0, 0.1) is 0 Å². The molecule has 20 heavy (non-hydrogen) atoms. The van der Waals surface area contributed by atoms with Gasteiger partial charge in [0.05, 0.1) is 12.3 Å². The highest BCUT2D eigenvalue weighted by molar-refractivity contribution is 5.91. The van der Waals surface area contributed by atoms with Gasteiger partial charge in [-0.1, -0.05) is 5.16 Å². The van der Waals surface area contributed by atoms with Crippen LogP contribution in [-0.4, -0.2) is 27.5 Å². The van der Waals surface area contributed by atoms with E-state index in [1.165, 1.54) is 6.26 Å². The molecule has 2 aliphatic rings. The molecule has 0 radical (unpaired) electrons. The van der Waals surface area contributed by atoms with Crippen molar-refractivity contribution in [3.63, 3.8) is 0 Å². The molecular formula is C14H15N3O3. The van der Waals surface area contributed by atoms with E-state index in [9.17, 15) is 4.79 Å². The van der Waals surface area contributed by atoms with Gasteiger partial charge in [0.25, 0.3) is 5.91 Å². The number of amides is 1. The standard InChI is InChI=1S/C14H15N3O3/c18-14(11-4-2-8-19-11)17-7-1-3-10(17)12-15-13(20-16-12)9-5-6-9/h2,4,8-10H,1,3,5-7H2. The van der Waals surface area contributed by atoms with Gasteiger partial charge >= 0.3 is 0 Å². The van der Waals surface area contributed by atoms with Crippen LogP contribution < -0.4 is 0 Å². The first-order chi connectivity index (χ1) is 9.83. The van der Waals surface area contributed by atoms with Gasteiger partial charge in [-0.2, -0.15) is 4.98 Å². The number of rotatable bonds is 3. The van der Waals surface area contributed by atoms with E-state index in [0.29, 0.717) is 24.0 Å². The number of likely N-dealkylation sites (tertiary alicyclic amines) is 1. The molecule has 1 aliphatic carbocycles. The number of hydrogen-bond acceptors (Lipinski definition) is 5. The third-order valence-electron chi connectivity index (χ3n) is 3.93. The zero-order valence-corrected chi connectivity index (χ0v) is 11.0. The summed E-state index contributed by atoms with van der Waals surface area (Å²) >= 11 is 0. The lowest BCUT2D eigenvalue weighted by Crippen LogP contribution is -2.30. The number of nitrogens with zero attached hydrogens (tertiary/aromatic N) is 3. The molecule has 3 heterocycles. The van der Waals surface area contributed by atoms with Gasteiger partial charge in [0, 0.05) is 12.5 Å². The molecule has 4 rings (SSSR count). The first kappa shape index (κ1) is 11.7. The normalized spacial score (nSPS) is 22.4. The Hall–Kier alpha value is -2.11. The molecule has 0 spiro atoms. The molecule has 1 atom stereocenters. The molecule has 2 aromatic heterocycles. The number of furan rings is 1. The van der Waals surface area contributed by atoms with Crippen LogP contribution in [0.1, 0.15) is 59.9 Å². The van der Waals surface area contributed by atoms with E-state index < -0.39 is 0 Å². The number of hydrogen-bond donors (Lipinski definition) is 0. The summed E-state index contributed by atoms with van der Waals surface area (Å²) < 4.78 is 10.5. The smallest absolute Gasteiger partial charge is 0.290 e. The predicted molar refractivity (Wildman–Crippen MR) is 68.0 cm³/mol. The number of carbonyl (C=O) groups is 1. The Morgan fingerprint density at radius 2 is 2.25 bits per heavy atom. The van der Waals surface area contributed by atoms with Gasteiger partial charge in [0.1, 0.15) is 0 Å². The highest BCUT2D eigenvalue weighted by Crippen LogP contribution is 2.40. The molecule has 1 saturated heterocycles. The van der Waals surface area contributed by atoms with E-state index in [4.69, 9.17) is 8.94 Å². The van der Waals surface area contributed by atoms with Gasteiger partial charge in [-0.05, 0) is 37.8 Å². The number of aromatic nitrogens is 2. The monoisotopic (exact) mass is 273 g/mol. The number of carbonyl (C=O) groups excluding carboxylic acids is 1. The maximum Gasteiger partial charge on any atom is 0.290 e. The first-order valence-electron chi connectivity index (χ1n) is 7.01. The topological polar surface area (TPSA) is 72.4 Å². The van der Waals surface area contributed by atoms with Crippen molar-refractivity contribution in [3.8, 4) is 0 Å². The molecule has 0 aromatic carbocycles. The Labute approximate surface area is 115 Å². The van der Waals surface area contributed by atoms with Crippen LogP contribution in [0.4, 0.5) is 0 Å². The van der Waals surface area contributed by atoms with Gasteiger partial charge in [-0.3, -0.25) is 4.79 Å². The average molecular weight is 273 g/mol. The van der Waals surface area contributed by atoms with Crippen molar-refractivity contribution in [1.29, 1.82) is 0 Å². The largest absolute Gasteiger partial charge is 0.459 e. The van der Waals surface area contributed by atoms with Gasteiger partial charge in [-0.15, -0.1) is 0 Å². The van der Waals surface area contributed by atoms with Crippen LogP contribution in [0.15, 0.2) is 27.3 Å². The van der Waals surface area contributed by atoms with Gasteiger partial charge in [-0.25, -0.2) is 0 Å². The van der Waals surface area contributed by atoms with Crippen LogP contribution in [0.2, 0.25) is 0 Å². The Morgan fingerprint density at radius 1 is 1.35 bits per heavy atom. The van der Waals surface area contributed by atoms with Crippen molar-refractivity contribution in [1.82, 2.24) is 15.0 Å². The Bertz CT molecular complexity index is 615. The second-order valence-corrected chi connectivity index (χ2v) is 5.40. The molecule has 1 saturated carbocycles. The van der Waals surface area contributed by atoms with Crippen molar-refractivity contribution in [2.24, 2.45) is 0 Å². The molecule has 6 heteroatoms. The van der Waals surface area contributed by atoms with Crippen LogP contribution in [0.25, 0.3) is 0 Å². The van der Waals surface area contributed by atoms with Crippen molar-refractivity contribution < 1.29 is 13.7 Å². The molecule has 0 N–H and O–H groups in total. The highest BCUT2D eigenvalue weighted by atomic mass is 16.5. The minimum atomic E-state index is -0.102. The first-order valence-corrected chi connectivity index (χ1v) is 7.01. The molecular weight excluding hydrogens is 258 g/mol. The average Bonchev–Trinajstić information content (AvgIpc) is 2.97. The van der Waals surface area contributed by atoms with E-state index >= 15 is 0 Å². The lowest BCUT2D eigenvalue weighted by Gasteiger charge is -2.20. The van der Waals surface area contributed by atoms with E-state index in [1.54, 1.807) is 17.0 Å². The SMILES string of the molecule is O=C(c1ccco1)N1CCCC1c1noc(C2CC2)n1. The summed E-state index contributed by atoms with van der Waals surface area (Å²) in [6, 6.07) is 3.31. The fraction of sp³-hybridized carbons (Fsp3) is 0.500. The third kappa shape index (κ3) is 1.92. The van der Waals surface area contributed by atoms with Crippen molar-refractivity contribution in [2.75, 3.05) is 6.54 Å². The molecule has 1 amide bonds. The summed E-state index contributed by atoms with van der Waals surface area (Å²) in [7, 11) is 0. The fourth-order valence-electron chi connectivity index (χ4n) is 2.70. The second-order valence-electron chi connectivity index (χ2n) is 5.40. The maximum absolute atomic E-state index is 12.4. The zero-order valence-electron chi connectivity index (χ0n) is 11.0. The summed E-state index contributed by atoms with van der Waals surface area (Å²) in [4.78, 5) is 18.6. The molecule has 1 unspecified atom stereocenters. The van der Waals surface area contributed by atoms with Gasteiger partial charge in [0.2, 0.25) is 5.89 Å². The summed E-state index contributed by atoms with van der Waals surface area (Å²) in [5, 5.41) is 4.06. The summed E-state index contributed by atoms with van der Waals surface area (Å²) in [5.41, 5.74) is 0. The van der Waals surface area contributed by atoms with E-state index in [0.717, 1.165) is 31.6 Å². The molecule has 6 nitrogen and oxygen atoms in total. The van der Waals surface area contributed by atoms with Gasteiger partial charge in [0.15, 0.2) is 11.6 Å². The van der Waals surface area contributed by atoms with Crippen molar-refractivity contribution >= 4 is 5.91 Å². The molecule has 1 aliphatic heterocycles. The van der Waals surface area contributed by atoms with Crippen LogP contribution in [0.3, 0.4) is 0 Å². The van der Waals surface area contributed by atoms with Crippen LogP contribution in [0.5, 0.6) is 0 Å². The van der Waals surface area contributed by atoms with E-state index in [2.05, 4.69) is 10.1 Å². The fourth-order valence-corrected chi connectivity index (χ4v) is 2.70. The van der Waals surface area contributed by atoms with E-state index in [-0.39, 0.29) is 11.9 Å². The lowest BCUT2D eigenvalue weighted by atomic mass is 10.2. The Morgan fingerprint density at radius 3 is 3.00 bits per heavy atom. The van der Waals surface area contributed by atoms with Crippen LogP contribution >= 0.6 is 0 Å². The minimum absolute atomic E-state index is 0.0937. The Balaban J connectivity index is 1.58. The third-order valence-corrected chi connectivity index (χ3v) is 3.93. The molecule has 2 aromatic rings. The Kier molecular flexibility index (Phi) is 2.61. The van der Waals surface area contributed by atoms with Crippen molar-refractivity contribution in [3.05, 3.63) is 35.9 Å². The summed E-state index contributed by atoms with van der Waals surface area (Å²) in [6.45, 7) is 0.706. The minimum Gasteiger partial charge on any atom is -0.459 e. The van der Waals surface area contributed by atoms with Gasteiger partial charge < -0.3 is 13.8 Å². The molecule has 2 fully saturated rings. The van der Waals surface area contributed by atoms with Crippen molar-refractivity contribution in [2.45, 2.75) is 37.6 Å². The highest BCUT2D eigenvalue weighted by Gasteiger charge is 2.36. The van der Waals surface area contributed by atoms with Crippen LogP contribution in [-0.2, 0) is 0 Å².